The molecule has 0 amide bonds. The fourth-order valence-corrected chi connectivity index (χ4v) is 2.41. The molecule has 0 aromatic heterocycles. The Balaban J connectivity index is 2.61. The summed E-state index contributed by atoms with van der Waals surface area (Å²) in [5.74, 6) is 0.737. The van der Waals surface area contributed by atoms with E-state index in [-0.39, 0.29) is 6.04 Å². The van der Waals surface area contributed by atoms with Crippen LogP contribution in [0.5, 0.6) is 0 Å². The van der Waals surface area contributed by atoms with Crippen molar-refractivity contribution in [2.45, 2.75) is 40.2 Å². The van der Waals surface area contributed by atoms with Crippen molar-refractivity contribution >= 4 is 0 Å². The maximum absolute atomic E-state index is 6.32. The van der Waals surface area contributed by atoms with Crippen LogP contribution in [0.4, 0.5) is 0 Å². The fourth-order valence-electron chi connectivity index (χ4n) is 2.41. The van der Waals surface area contributed by atoms with Crippen molar-refractivity contribution in [2.75, 3.05) is 20.1 Å². The fraction of sp³-hybridized carbons (Fsp3) is 0.625. The number of rotatable bonds is 6. The molecule has 0 radical (unpaired) electrons. The standard InChI is InChI=1S/C16H28N2/c1-6-12(2)10-18(5)11-16(17)15-8-7-13(3)9-14(15)4/h7-9,12,16H,6,10-11,17H2,1-5H3. The van der Waals surface area contributed by atoms with Gasteiger partial charge in [0.25, 0.3) is 0 Å². The lowest BCUT2D eigenvalue weighted by Gasteiger charge is -2.25. The zero-order chi connectivity index (χ0) is 13.7. The molecule has 2 nitrogen and oxygen atoms in total. The van der Waals surface area contributed by atoms with Crippen molar-refractivity contribution in [3.63, 3.8) is 0 Å². The van der Waals surface area contributed by atoms with Gasteiger partial charge in [0.1, 0.15) is 0 Å². The van der Waals surface area contributed by atoms with E-state index in [0.717, 1.165) is 19.0 Å². The van der Waals surface area contributed by atoms with Crippen LogP contribution in [0.3, 0.4) is 0 Å². The van der Waals surface area contributed by atoms with Crippen LogP contribution >= 0.6 is 0 Å². The molecule has 2 atom stereocenters. The lowest BCUT2D eigenvalue weighted by Crippen LogP contribution is -2.32. The number of likely N-dealkylation sites (N-methyl/N-ethyl adjacent to an activating group) is 1. The van der Waals surface area contributed by atoms with Crippen LogP contribution in [0, 0.1) is 19.8 Å². The van der Waals surface area contributed by atoms with Crippen molar-refractivity contribution in [1.82, 2.24) is 4.90 Å². The molecule has 0 saturated carbocycles. The lowest BCUT2D eigenvalue weighted by molar-refractivity contribution is 0.267. The SMILES string of the molecule is CCC(C)CN(C)CC(N)c1ccc(C)cc1C. The molecule has 102 valence electrons. The Labute approximate surface area is 112 Å². The first kappa shape index (κ1) is 15.2. The van der Waals surface area contributed by atoms with Gasteiger partial charge in [-0.1, -0.05) is 44.0 Å². The van der Waals surface area contributed by atoms with Gasteiger partial charge in [0.2, 0.25) is 0 Å². The van der Waals surface area contributed by atoms with E-state index in [2.05, 4.69) is 57.8 Å². The van der Waals surface area contributed by atoms with Gasteiger partial charge >= 0.3 is 0 Å². The molecule has 1 rings (SSSR count). The Morgan fingerprint density at radius 1 is 1.22 bits per heavy atom. The van der Waals surface area contributed by atoms with Gasteiger partial charge in [-0.25, -0.2) is 0 Å². The highest BCUT2D eigenvalue weighted by atomic mass is 15.1. The minimum Gasteiger partial charge on any atom is -0.323 e. The molecule has 0 fully saturated rings. The number of benzene rings is 1. The second-order valence-corrected chi connectivity index (χ2v) is 5.70. The highest BCUT2D eigenvalue weighted by molar-refractivity contribution is 5.32. The van der Waals surface area contributed by atoms with Crippen LogP contribution in [0.2, 0.25) is 0 Å². The molecular weight excluding hydrogens is 220 g/mol. The summed E-state index contributed by atoms with van der Waals surface area (Å²) in [6, 6.07) is 6.65. The summed E-state index contributed by atoms with van der Waals surface area (Å²) in [5.41, 5.74) is 10.2. The highest BCUT2D eigenvalue weighted by Crippen LogP contribution is 2.18. The van der Waals surface area contributed by atoms with Crippen LogP contribution in [0.1, 0.15) is 43.0 Å². The largest absolute Gasteiger partial charge is 0.323 e. The van der Waals surface area contributed by atoms with Gasteiger partial charge in [0, 0.05) is 19.1 Å². The maximum Gasteiger partial charge on any atom is 0.0426 e. The van der Waals surface area contributed by atoms with Crippen molar-refractivity contribution in [2.24, 2.45) is 11.7 Å². The molecule has 2 heteroatoms. The summed E-state index contributed by atoms with van der Waals surface area (Å²) in [5, 5.41) is 0. The summed E-state index contributed by atoms with van der Waals surface area (Å²) in [7, 11) is 2.16. The van der Waals surface area contributed by atoms with Crippen LogP contribution in [0.15, 0.2) is 18.2 Å². The zero-order valence-electron chi connectivity index (χ0n) is 12.5. The number of nitrogens with zero attached hydrogens (tertiary/aromatic N) is 1. The van der Waals surface area contributed by atoms with E-state index in [9.17, 15) is 0 Å². The van der Waals surface area contributed by atoms with Crippen LogP contribution in [-0.4, -0.2) is 25.0 Å². The second kappa shape index (κ2) is 6.91. The van der Waals surface area contributed by atoms with Crippen LogP contribution in [0.25, 0.3) is 0 Å². The maximum atomic E-state index is 6.32. The van der Waals surface area contributed by atoms with Crippen molar-refractivity contribution in [3.8, 4) is 0 Å². The Hall–Kier alpha value is -0.860. The summed E-state index contributed by atoms with van der Waals surface area (Å²) in [4.78, 5) is 2.35. The molecular formula is C16H28N2. The van der Waals surface area contributed by atoms with Gasteiger partial charge in [-0.3, -0.25) is 0 Å². The average molecular weight is 248 g/mol. The summed E-state index contributed by atoms with van der Waals surface area (Å²) < 4.78 is 0. The quantitative estimate of drug-likeness (QED) is 0.837. The van der Waals surface area contributed by atoms with E-state index < -0.39 is 0 Å². The Kier molecular flexibility index (Phi) is 5.83. The molecule has 0 spiro atoms. The Morgan fingerprint density at radius 2 is 1.89 bits per heavy atom. The first-order valence-corrected chi connectivity index (χ1v) is 6.95. The Morgan fingerprint density at radius 3 is 2.44 bits per heavy atom. The molecule has 0 aliphatic heterocycles. The van der Waals surface area contributed by atoms with Gasteiger partial charge in [-0.05, 0) is 37.9 Å². The summed E-state index contributed by atoms with van der Waals surface area (Å²) >= 11 is 0. The Bertz CT molecular complexity index is 373. The number of hydrogen-bond donors (Lipinski definition) is 1. The van der Waals surface area contributed by atoms with Gasteiger partial charge < -0.3 is 10.6 Å². The predicted molar refractivity (Wildman–Crippen MR) is 79.8 cm³/mol. The number of nitrogens with two attached hydrogens (primary N) is 1. The van der Waals surface area contributed by atoms with E-state index in [1.807, 2.05) is 0 Å². The molecule has 1 aromatic carbocycles. The lowest BCUT2D eigenvalue weighted by atomic mass is 9.99. The average Bonchev–Trinajstić information content (AvgIpc) is 2.28. The minimum absolute atomic E-state index is 0.111. The molecule has 0 bridgehead atoms. The topological polar surface area (TPSA) is 29.3 Å². The molecule has 2 unspecified atom stereocenters. The van der Waals surface area contributed by atoms with Gasteiger partial charge in [0.05, 0.1) is 0 Å². The van der Waals surface area contributed by atoms with E-state index in [1.165, 1.54) is 23.1 Å². The van der Waals surface area contributed by atoms with Crippen molar-refractivity contribution in [3.05, 3.63) is 34.9 Å². The molecule has 0 aliphatic carbocycles. The van der Waals surface area contributed by atoms with Gasteiger partial charge in [-0.15, -0.1) is 0 Å². The summed E-state index contributed by atoms with van der Waals surface area (Å²) in [6.07, 6.45) is 1.23. The number of hydrogen-bond acceptors (Lipinski definition) is 2. The third kappa shape index (κ3) is 4.43. The van der Waals surface area contributed by atoms with Gasteiger partial charge in [0.15, 0.2) is 0 Å². The van der Waals surface area contributed by atoms with E-state index in [1.54, 1.807) is 0 Å². The molecule has 0 saturated heterocycles. The van der Waals surface area contributed by atoms with Gasteiger partial charge in [-0.2, -0.15) is 0 Å². The molecule has 0 aliphatic rings. The molecule has 0 heterocycles. The minimum atomic E-state index is 0.111. The molecule has 2 N–H and O–H groups in total. The molecule has 18 heavy (non-hydrogen) atoms. The van der Waals surface area contributed by atoms with Crippen LogP contribution in [-0.2, 0) is 0 Å². The van der Waals surface area contributed by atoms with E-state index in [0.29, 0.717) is 0 Å². The monoisotopic (exact) mass is 248 g/mol. The third-order valence-electron chi connectivity index (χ3n) is 3.65. The summed E-state index contributed by atoms with van der Waals surface area (Å²) in [6.45, 7) is 10.8. The van der Waals surface area contributed by atoms with Crippen molar-refractivity contribution < 1.29 is 0 Å². The number of aryl methyl sites for hydroxylation is 2. The predicted octanol–water partition coefficient (Wildman–Crippen LogP) is 3.28. The smallest absolute Gasteiger partial charge is 0.0426 e. The third-order valence-corrected chi connectivity index (χ3v) is 3.65. The highest BCUT2D eigenvalue weighted by Gasteiger charge is 2.13. The van der Waals surface area contributed by atoms with E-state index in [4.69, 9.17) is 5.73 Å². The zero-order valence-corrected chi connectivity index (χ0v) is 12.5. The second-order valence-electron chi connectivity index (χ2n) is 5.70. The van der Waals surface area contributed by atoms with E-state index >= 15 is 0 Å². The van der Waals surface area contributed by atoms with Crippen LogP contribution < -0.4 is 5.73 Å². The normalized spacial score (nSPS) is 14.8. The molecule has 1 aromatic rings. The van der Waals surface area contributed by atoms with Crippen molar-refractivity contribution in [1.29, 1.82) is 0 Å². The first-order chi connectivity index (χ1) is 8.43. The first-order valence-electron chi connectivity index (χ1n) is 6.95.